The van der Waals surface area contributed by atoms with Gasteiger partial charge in [0.1, 0.15) is 0 Å². The first-order valence-electron chi connectivity index (χ1n) is 5.93. The van der Waals surface area contributed by atoms with Gasteiger partial charge in [-0.1, -0.05) is 18.7 Å². The second-order valence-electron chi connectivity index (χ2n) is 4.52. The molecule has 18 heavy (non-hydrogen) atoms. The highest BCUT2D eigenvalue weighted by atomic mass is 16.5. The van der Waals surface area contributed by atoms with Crippen LogP contribution in [0.1, 0.15) is 35.8 Å². The van der Waals surface area contributed by atoms with E-state index in [-0.39, 0.29) is 5.97 Å². The minimum atomic E-state index is -0.305. The van der Waals surface area contributed by atoms with Crippen LogP contribution in [0.5, 0.6) is 0 Å². The topological polar surface area (TPSA) is 31.2 Å². The number of esters is 1. The van der Waals surface area contributed by atoms with E-state index in [0.717, 1.165) is 16.5 Å². The smallest absolute Gasteiger partial charge is 0.340 e. The molecule has 3 heteroatoms. The lowest BCUT2D eigenvalue weighted by molar-refractivity contribution is 0.0602. The zero-order valence-corrected chi connectivity index (χ0v) is 10.9. The third kappa shape index (κ3) is 1.92. The summed E-state index contributed by atoms with van der Waals surface area (Å²) in [5.74, 6) is -0.305. The quantitative estimate of drug-likeness (QED) is 0.770. The highest BCUT2D eigenvalue weighted by molar-refractivity contribution is 6.04. The lowest BCUT2D eigenvalue weighted by Crippen LogP contribution is -2.01. The van der Waals surface area contributed by atoms with Gasteiger partial charge in [0, 0.05) is 23.1 Å². The molecule has 0 bridgehead atoms. The maximum Gasteiger partial charge on any atom is 0.340 e. The van der Waals surface area contributed by atoms with E-state index in [9.17, 15) is 4.79 Å². The van der Waals surface area contributed by atoms with E-state index in [1.54, 1.807) is 6.08 Å². The van der Waals surface area contributed by atoms with Crippen LogP contribution in [0.3, 0.4) is 0 Å². The van der Waals surface area contributed by atoms with E-state index >= 15 is 0 Å². The number of aromatic nitrogens is 1. The Morgan fingerprint density at radius 2 is 2.17 bits per heavy atom. The van der Waals surface area contributed by atoms with Gasteiger partial charge in [-0.15, -0.1) is 0 Å². The van der Waals surface area contributed by atoms with Gasteiger partial charge in [0.15, 0.2) is 0 Å². The molecule has 1 aromatic heterocycles. The van der Waals surface area contributed by atoms with E-state index in [2.05, 4.69) is 25.0 Å². The molecule has 0 spiro atoms. The Kier molecular flexibility index (Phi) is 3.24. The van der Waals surface area contributed by atoms with Crippen molar-refractivity contribution < 1.29 is 9.53 Å². The number of hydrogen-bond donors (Lipinski definition) is 0. The molecule has 0 unspecified atom stereocenters. The second-order valence-corrected chi connectivity index (χ2v) is 4.52. The molecule has 0 aliphatic carbocycles. The summed E-state index contributed by atoms with van der Waals surface area (Å²) < 4.78 is 6.91. The summed E-state index contributed by atoms with van der Waals surface area (Å²) in [6, 6.07) is 6.27. The number of benzene rings is 1. The lowest BCUT2D eigenvalue weighted by Gasteiger charge is -2.08. The fraction of sp³-hybridized carbons (Fsp3) is 0.267. The van der Waals surface area contributed by atoms with Crippen molar-refractivity contribution in [1.82, 2.24) is 4.57 Å². The summed E-state index contributed by atoms with van der Waals surface area (Å²) in [6.45, 7) is 7.92. The van der Waals surface area contributed by atoms with E-state index in [1.165, 1.54) is 7.11 Å². The molecule has 94 valence electrons. The van der Waals surface area contributed by atoms with Crippen molar-refractivity contribution in [2.24, 2.45) is 0 Å². The highest BCUT2D eigenvalue weighted by Gasteiger charge is 2.16. The molecule has 0 radical (unpaired) electrons. The van der Waals surface area contributed by atoms with Crippen LogP contribution in [0.4, 0.5) is 0 Å². The van der Waals surface area contributed by atoms with Crippen molar-refractivity contribution in [2.75, 3.05) is 7.11 Å². The average molecular weight is 243 g/mol. The Bertz CT molecular complexity index is 608. The molecule has 1 heterocycles. The molecule has 0 aliphatic rings. The standard InChI is InChI=1S/C15H17NO2/c1-5-11-6-7-14-12(8-11)13(15(17)18-4)9-16(14)10(2)3/h5-10H,1H2,2-4H3. The lowest BCUT2D eigenvalue weighted by atomic mass is 10.1. The fourth-order valence-electron chi connectivity index (χ4n) is 2.10. The number of fused-ring (bicyclic) bond motifs is 1. The Labute approximate surface area is 107 Å². The summed E-state index contributed by atoms with van der Waals surface area (Å²) in [4.78, 5) is 11.8. The molecule has 0 N–H and O–H groups in total. The Morgan fingerprint density at radius 1 is 1.44 bits per heavy atom. The van der Waals surface area contributed by atoms with E-state index in [0.29, 0.717) is 11.6 Å². The molecular weight excluding hydrogens is 226 g/mol. The van der Waals surface area contributed by atoms with Gasteiger partial charge in [0.25, 0.3) is 0 Å². The van der Waals surface area contributed by atoms with E-state index < -0.39 is 0 Å². The molecule has 3 nitrogen and oxygen atoms in total. The SMILES string of the molecule is C=Cc1ccc2c(c1)c(C(=O)OC)cn2C(C)C. The zero-order chi connectivity index (χ0) is 13.3. The number of carbonyl (C=O) groups excluding carboxylic acids is 1. The number of ether oxygens (including phenoxy) is 1. The van der Waals surface area contributed by atoms with Gasteiger partial charge in [-0.3, -0.25) is 0 Å². The van der Waals surface area contributed by atoms with Gasteiger partial charge in [-0.2, -0.15) is 0 Å². The first-order valence-corrected chi connectivity index (χ1v) is 5.93. The van der Waals surface area contributed by atoms with Crippen LogP contribution in [0.15, 0.2) is 31.0 Å². The van der Waals surface area contributed by atoms with Gasteiger partial charge in [0.05, 0.1) is 12.7 Å². The van der Waals surface area contributed by atoms with E-state index in [1.807, 2.05) is 24.4 Å². The molecule has 0 atom stereocenters. The van der Waals surface area contributed by atoms with E-state index in [4.69, 9.17) is 4.74 Å². The zero-order valence-electron chi connectivity index (χ0n) is 10.9. The average Bonchev–Trinajstić information content (AvgIpc) is 2.76. The number of methoxy groups -OCH3 is 1. The van der Waals surface area contributed by atoms with Crippen molar-refractivity contribution in [3.05, 3.63) is 42.1 Å². The van der Waals surface area contributed by atoms with Crippen molar-refractivity contribution in [1.29, 1.82) is 0 Å². The van der Waals surface area contributed by atoms with Crippen molar-refractivity contribution in [2.45, 2.75) is 19.9 Å². The number of nitrogens with zero attached hydrogens (tertiary/aromatic N) is 1. The summed E-state index contributed by atoms with van der Waals surface area (Å²) in [5, 5.41) is 0.910. The van der Waals surface area contributed by atoms with Crippen LogP contribution in [0.25, 0.3) is 17.0 Å². The number of carbonyl (C=O) groups is 1. The largest absolute Gasteiger partial charge is 0.465 e. The third-order valence-corrected chi connectivity index (χ3v) is 3.05. The van der Waals surface area contributed by atoms with Gasteiger partial charge < -0.3 is 9.30 Å². The number of hydrogen-bond acceptors (Lipinski definition) is 2. The summed E-state index contributed by atoms with van der Waals surface area (Å²) in [6.07, 6.45) is 3.63. The molecule has 0 saturated heterocycles. The summed E-state index contributed by atoms with van der Waals surface area (Å²) in [7, 11) is 1.40. The van der Waals surface area contributed by atoms with Gasteiger partial charge in [-0.05, 0) is 31.5 Å². The maximum atomic E-state index is 11.8. The minimum absolute atomic E-state index is 0.292. The molecule has 0 saturated carbocycles. The molecule has 2 rings (SSSR count). The monoisotopic (exact) mass is 243 g/mol. The number of rotatable bonds is 3. The molecule has 1 aromatic carbocycles. The normalized spacial score (nSPS) is 10.9. The minimum Gasteiger partial charge on any atom is -0.465 e. The maximum absolute atomic E-state index is 11.8. The van der Waals surface area contributed by atoms with Gasteiger partial charge in [-0.25, -0.2) is 4.79 Å². The van der Waals surface area contributed by atoms with Gasteiger partial charge in [0.2, 0.25) is 0 Å². The Morgan fingerprint density at radius 3 is 2.72 bits per heavy atom. The Balaban J connectivity index is 2.76. The van der Waals surface area contributed by atoms with Crippen molar-refractivity contribution >= 4 is 22.9 Å². The predicted molar refractivity (Wildman–Crippen MR) is 73.8 cm³/mol. The first kappa shape index (κ1) is 12.4. The Hall–Kier alpha value is -2.03. The van der Waals surface area contributed by atoms with Crippen LogP contribution in [0.2, 0.25) is 0 Å². The third-order valence-electron chi connectivity index (χ3n) is 3.05. The van der Waals surface area contributed by atoms with Gasteiger partial charge >= 0.3 is 5.97 Å². The first-order chi connectivity index (χ1) is 8.58. The fourth-order valence-corrected chi connectivity index (χ4v) is 2.10. The predicted octanol–water partition coefficient (Wildman–Crippen LogP) is 3.65. The van der Waals surface area contributed by atoms with Crippen LogP contribution in [-0.2, 0) is 4.74 Å². The second kappa shape index (κ2) is 4.69. The van der Waals surface area contributed by atoms with Crippen molar-refractivity contribution in [3.8, 4) is 0 Å². The van der Waals surface area contributed by atoms with Crippen molar-refractivity contribution in [3.63, 3.8) is 0 Å². The molecule has 2 aromatic rings. The van der Waals surface area contributed by atoms with Crippen LogP contribution >= 0.6 is 0 Å². The molecule has 0 amide bonds. The van der Waals surface area contributed by atoms with Crippen LogP contribution in [0, 0.1) is 0 Å². The molecule has 0 fully saturated rings. The molecular formula is C15H17NO2. The summed E-state index contributed by atoms with van der Waals surface area (Å²) >= 11 is 0. The van der Waals surface area contributed by atoms with Crippen LogP contribution < -0.4 is 0 Å². The van der Waals surface area contributed by atoms with Crippen LogP contribution in [-0.4, -0.2) is 17.6 Å². The summed E-state index contributed by atoms with van der Waals surface area (Å²) in [5.41, 5.74) is 2.63. The molecule has 0 aliphatic heterocycles. The highest BCUT2D eigenvalue weighted by Crippen LogP contribution is 2.26.